The van der Waals surface area contributed by atoms with E-state index in [1.165, 1.54) is 18.2 Å². The second-order valence-corrected chi connectivity index (χ2v) is 9.53. The average Bonchev–Trinajstić information content (AvgIpc) is 3.25. The summed E-state index contributed by atoms with van der Waals surface area (Å²) in [5, 5.41) is 13.8. The third-order valence-corrected chi connectivity index (χ3v) is 7.13. The van der Waals surface area contributed by atoms with Gasteiger partial charge in [0.05, 0.1) is 0 Å². The van der Waals surface area contributed by atoms with Gasteiger partial charge in [0.15, 0.2) is 0 Å². The summed E-state index contributed by atoms with van der Waals surface area (Å²) in [5.41, 5.74) is 5.69. The maximum Gasteiger partial charge on any atom is 0.429 e. The first-order valence-electron chi connectivity index (χ1n) is 11.7. The number of hydrogen-bond acceptors (Lipinski definition) is 7. The number of ether oxygens (including phenoxy) is 1. The van der Waals surface area contributed by atoms with Crippen molar-refractivity contribution in [1.29, 1.82) is 0 Å². The second-order valence-electron chi connectivity index (χ2n) is 9.53. The number of carbonyl (C=O) groups is 1. The molecule has 3 aromatic rings. The molecule has 2 saturated heterocycles. The zero-order chi connectivity index (χ0) is 25.5. The van der Waals surface area contributed by atoms with Crippen LogP contribution < -0.4 is 20.7 Å². The lowest BCUT2D eigenvalue weighted by atomic mass is 9.76. The zero-order valence-electron chi connectivity index (χ0n) is 19.3. The number of rotatable bonds is 5. The number of nitrogen functional groups attached to an aromatic ring is 1. The molecule has 5 rings (SSSR count). The van der Waals surface area contributed by atoms with E-state index in [0.717, 1.165) is 18.2 Å². The number of nitrogens with one attached hydrogen (secondary N) is 1. The Balaban J connectivity index is 1.35. The Kier molecular flexibility index (Phi) is 6.11. The Morgan fingerprint density at radius 3 is 2.53 bits per heavy atom. The maximum atomic E-state index is 14.0. The maximum absolute atomic E-state index is 14.0. The molecule has 2 atom stereocenters. The number of anilines is 2. The number of carboxylic acids is 1. The number of halogens is 3. The third kappa shape index (κ3) is 4.88. The Hall–Kier alpha value is -3.60. The third-order valence-electron chi connectivity index (χ3n) is 7.13. The van der Waals surface area contributed by atoms with Crippen LogP contribution >= 0.6 is 0 Å². The lowest BCUT2D eigenvalue weighted by molar-refractivity contribution is -0.198. The highest BCUT2D eigenvalue weighted by Gasteiger charge is 2.45. The van der Waals surface area contributed by atoms with Crippen molar-refractivity contribution < 1.29 is 27.8 Å². The molecule has 190 valence electrons. The molecule has 8 nitrogen and oxygen atoms in total. The minimum Gasteiger partial charge on any atom is -0.480 e. The quantitative estimate of drug-likeness (QED) is 0.482. The Morgan fingerprint density at radius 2 is 1.86 bits per heavy atom. The van der Waals surface area contributed by atoms with Gasteiger partial charge in [-0.05, 0) is 41.5 Å². The van der Waals surface area contributed by atoms with Crippen LogP contribution in [0.2, 0.25) is 0 Å². The number of alkyl halides is 3. The minimum atomic E-state index is -4.68. The minimum absolute atomic E-state index is 0.0402. The molecule has 0 amide bonds. The van der Waals surface area contributed by atoms with Crippen molar-refractivity contribution in [2.45, 2.75) is 37.6 Å². The van der Waals surface area contributed by atoms with Gasteiger partial charge in [-0.1, -0.05) is 36.4 Å². The fourth-order valence-corrected chi connectivity index (χ4v) is 5.15. The van der Waals surface area contributed by atoms with E-state index in [1.54, 1.807) is 18.2 Å². The predicted molar refractivity (Wildman–Crippen MR) is 128 cm³/mol. The average molecular weight is 502 g/mol. The molecule has 3 heterocycles. The summed E-state index contributed by atoms with van der Waals surface area (Å²) in [7, 11) is 0. The highest BCUT2D eigenvalue weighted by Crippen LogP contribution is 2.41. The van der Waals surface area contributed by atoms with Crippen molar-refractivity contribution in [2.24, 2.45) is 5.41 Å². The van der Waals surface area contributed by atoms with Crippen LogP contribution in [0.3, 0.4) is 0 Å². The Bertz CT molecular complexity index is 1280. The van der Waals surface area contributed by atoms with Gasteiger partial charge in [0, 0.05) is 31.3 Å². The van der Waals surface area contributed by atoms with E-state index in [0.29, 0.717) is 37.3 Å². The molecule has 0 radical (unpaired) electrons. The summed E-state index contributed by atoms with van der Waals surface area (Å²) in [4.78, 5) is 21.4. The fraction of sp³-hybridized carbons (Fsp3) is 0.400. The molecule has 0 aliphatic carbocycles. The van der Waals surface area contributed by atoms with Crippen molar-refractivity contribution in [2.75, 3.05) is 30.3 Å². The summed E-state index contributed by atoms with van der Waals surface area (Å²) < 4.78 is 47.5. The molecule has 1 unspecified atom stereocenters. The highest BCUT2D eigenvalue weighted by atomic mass is 19.4. The van der Waals surface area contributed by atoms with Gasteiger partial charge in [-0.2, -0.15) is 23.1 Å². The van der Waals surface area contributed by atoms with Crippen LogP contribution in [0.1, 0.15) is 30.9 Å². The van der Waals surface area contributed by atoms with E-state index in [-0.39, 0.29) is 22.8 Å². The molecule has 1 spiro atoms. The molecule has 1 aromatic heterocycles. The van der Waals surface area contributed by atoms with Crippen molar-refractivity contribution in [3.63, 3.8) is 0 Å². The molecule has 2 aliphatic rings. The van der Waals surface area contributed by atoms with E-state index in [4.69, 9.17) is 10.5 Å². The van der Waals surface area contributed by atoms with Gasteiger partial charge in [-0.15, -0.1) is 0 Å². The van der Waals surface area contributed by atoms with Crippen LogP contribution in [0.25, 0.3) is 10.8 Å². The predicted octanol–water partition coefficient (Wildman–Crippen LogP) is 3.93. The first-order valence-corrected chi connectivity index (χ1v) is 11.7. The van der Waals surface area contributed by atoms with Gasteiger partial charge in [-0.3, -0.25) is 4.79 Å². The number of aliphatic carboxylic acids is 1. The van der Waals surface area contributed by atoms with E-state index in [2.05, 4.69) is 15.3 Å². The van der Waals surface area contributed by atoms with Crippen LogP contribution in [0.4, 0.5) is 24.9 Å². The Labute approximate surface area is 205 Å². The van der Waals surface area contributed by atoms with Gasteiger partial charge >= 0.3 is 12.1 Å². The summed E-state index contributed by atoms with van der Waals surface area (Å²) in [6, 6.07) is 12.5. The lowest BCUT2D eigenvalue weighted by Crippen LogP contribution is -2.41. The summed E-state index contributed by atoms with van der Waals surface area (Å²) in [5.74, 6) is -0.921. The van der Waals surface area contributed by atoms with Crippen molar-refractivity contribution in [1.82, 2.24) is 15.3 Å². The molecule has 2 aliphatic heterocycles. The zero-order valence-corrected chi connectivity index (χ0v) is 19.3. The van der Waals surface area contributed by atoms with Crippen LogP contribution in [0.5, 0.6) is 5.88 Å². The number of aromatic nitrogens is 2. The van der Waals surface area contributed by atoms with E-state index in [9.17, 15) is 23.1 Å². The highest BCUT2D eigenvalue weighted by molar-refractivity contribution is 5.83. The molecular formula is C25H26F3N5O3. The first kappa shape index (κ1) is 24.1. The number of fused-ring (bicyclic) bond motifs is 1. The van der Waals surface area contributed by atoms with Crippen molar-refractivity contribution >= 4 is 28.5 Å². The smallest absolute Gasteiger partial charge is 0.429 e. The SMILES string of the molecule is Nc1nc(OC(c2ccc3ccccc3c2)C(F)(F)F)cc(N2CCC3(CC2)CN[C@H](C(=O)O)C3)n1. The van der Waals surface area contributed by atoms with Crippen molar-refractivity contribution in [3.8, 4) is 5.88 Å². The molecule has 2 aromatic carbocycles. The molecule has 0 saturated carbocycles. The largest absolute Gasteiger partial charge is 0.480 e. The first-order chi connectivity index (χ1) is 17.1. The molecule has 0 bridgehead atoms. The number of benzene rings is 2. The number of carboxylic acid groups (broad SMARTS) is 1. The van der Waals surface area contributed by atoms with E-state index >= 15 is 0 Å². The molecule has 11 heteroatoms. The van der Waals surface area contributed by atoms with E-state index in [1.807, 2.05) is 17.0 Å². The number of nitrogens with zero attached hydrogens (tertiary/aromatic N) is 3. The second kappa shape index (κ2) is 9.12. The summed E-state index contributed by atoms with van der Waals surface area (Å²) in [6.07, 6.45) is -4.91. The van der Waals surface area contributed by atoms with Crippen LogP contribution in [0.15, 0.2) is 48.5 Å². The Morgan fingerprint density at radius 1 is 1.14 bits per heavy atom. The molecule has 4 N–H and O–H groups in total. The summed E-state index contributed by atoms with van der Waals surface area (Å²) in [6.45, 7) is 1.76. The van der Waals surface area contributed by atoms with Gasteiger partial charge in [0.2, 0.25) is 17.9 Å². The molecule has 2 fully saturated rings. The van der Waals surface area contributed by atoms with E-state index < -0.39 is 24.3 Å². The van der Waals surface area contributed by atoms with Gasteiger partial charge in [0.25, 0.3) is 0 Å². The number of hydrogen-bond donors (Lipinski definition) is 3. The van der Waals surface area contributed by atoms with Gasteiger partial charge in [0.1, 0.15) is 11.9 Å². The van der Waals surface area contributed by atoms with Crippen LogP contribution in [0, 0.1) is 5.41 Å². The molecule has 36 heavy (non-hydrogen) atoms. The number of nitrogens with two attached hydrogens (primary N) is 1. The fourth-order valence-electron chi connectivity index (χ4n) is 5.15. The van der Waals surface area contributed by atoms with Crippen LogP contribution in [-0.2, 0) is 4.79 Å². The van der Waals surface area contributed by atoms with Crippen molar-refractivity contribution in [3.05, 3.63) is 54.1 Å². The lowest BCUT2D eigenvalue weighted by Gasteiger charge is -2.39. The summed E-state index contributed by atoms with van der Waals surface area (Å²) >= 11 is 0. The van der Waals surface area contributed by atoms with Gasteiger partial charge < -0.3 is 25.8 Å². The molecular weight excluding hydrogens is 475 g/mol. The van der Waals surface area contributed by atoms with Gasteiger partial charge in [-0.25, -0.2) is 0 Å². The topological polar surface area (TPSA) is 114 Å². The monoisotopic (exact) mass is 501 g/mol. The number of piperidine rings is 1. The standard InChI is InChI=1S/C25H26F3N5O3/c26-25(27,28)21(17-6-5-15-3-1-2-4-16(15)11-17)36-20-12-19(31-23(29)32-20)33-9-7-24(8-10-33)13-18(22(34)35)30-14-24/h1-6,11-12,18,21,30H,7-10,13-14H2,(H,34,35)(H2,29,31,32)/t18-,21?/m0/s1. The normalized spacial score (nSPS) is 20.5. The van der Waals surface area contributed by atoms with Crippen LogP contribution in [-0.4, -0.2) is 52.9 Å².